The number of benzene rings is 9. The van der Waals surface area contributed by atoms with Gasteiger partial charge in [-0.1, -0.05) is 109 Å². The van der Waals surface area contributed by atoms with Crippen LogP contribution in [-0.4, -0.2) is 4.57 Å². The number of thiophene rings is 1. The molecule has 262 valence electrons. The molecule has 3 heterocycles. The van der Waals surface area contributed by atoms with Crippen LogP contribution in [0.3, 0.4) is 0 Å². The highest BCUT2D eigenvalue weighted by Crippen LogP contribution is 2.44. The van der Waals surface area contributed by atoms with Crippen LogP contribution in [0.1, 0.15) is 0 Å². The Morgan fingerprint density at radius 2 is 1.09 bits per heavy atom. The summed E-state index contributed by atoms with van der Waals surface area (Å²) in [6.07, 6.45) is 0. The lowest BCUT2D eigenvalue weighted by Gasteiger charge is -2.26. The molecule has 12 aromatic rings. The van der Waals surface area contributed by atoms with Crippen molar-refractivity contribution in [1.29, 1.82) is 0 Å². The molecule has 12 rings (SSSR count). The summed E-state index contributed by atoms with van der Waals surface area (Å²) in [5, 5.41) is 9.66. The fraction of sp³-hybridized carbons (Fsp3) is 0. The molecule has 0 radical (unpaired) electrons. The van der Waals surface area contributed by atoms with Gasteiger partial charge in [-0.25, -0.2) is 0 Å². The molecule has 0 bridgehead atoms. The molecule has 0 aliphatic rings. The van der Waals surface area contributed by atoms with Crippen LogP contribution in [0, 0.1) is 0 Å². The van der Waals surface area contributed by atoms with Gasteiger partial charge in [-0.3, -0.25) is 0 Å². The van der Waals surface area contributed by atoms with E-state index in [1.165, 1.54) is 47.4 Å². The van der Waals surface area contributed by atoms with Gasteiger partial charge >= 0.3 is 0 Å². The molecule has 56 heavy (non-hydrogen) atoms. The number of aromatic nitrogens is 1. The molecule has 0 amide bonds. The Balaban J connectivity index is 1.04. The van der Waals surface area contributed by atoms with Gasteiger partial charge in [-0.15, -0.1) is 11.3 Å². The molecule has 0 aliphatic carbocycles. The number of nitrogens with zero attached hydrogens (tertiary/aromatic N) is 2. The van der Waals surface area contributed by atoms with Crippen molar-refractivity contribution in [3.8, 4) is 16.8 Å². The van der Waals surface area contributed by atoms with Gasteiger partial charge in [0.15, 0.2) is 0 Å². The van der Waals surface area contributed by atoms with Crippen molar-refractivity contribution < 1.29 is 4.42 Å². The minimum Gasteiger partial charge on any atom is -0.455 e. The van der Waals surface area contributed by atoms with Crippen LogP contribution in [0.4, 0.5) is 17.1 Å². The summed E-state index contributed by atoms with van der Waals surface area (Å²) in [6, 6.07) is 70.3. The molecule has 0 saturated carbocycles. The fourth-order valence-corrected chi connectivity index (χ4v) is 9.95. The number of rotatable bonds is 5. The maximum atomic E-state index is 6.60. The quantitative estimate of drug-likeness (QED) is 0.176. The average Bonchev–Trinajstić information content (AvgIpc) is 3.94. The molecule has 0 saturated heterocycles. The first-order chi connectivity index (χ1) is 27.8. The Morgan fingerprint density at radius 3 is 1.91 bits per heavy atom. The Bertz CT molecular complexity index is 3440. The van der Waals surface area contributed by atoms with E-state index >= 15 is 0 Å². The van der Waals surface area contributed by atoms with E-state index in [4.69, 9.17) is 4.42 Å². The lowest BCUT2D eigenvalue weighted by molar-refractivity contribution is 0.673. The molecule has 3 nitrogen and oxygen atoms in total. The first kappa shape index (κ1) is 31.2. The normalized spacial score (nSPS) is 11.9. The highest BCUT2D eigenvalue weighted by molar-refractivity contribution is 7.25. The van der Waals surface area contributed by atoms with E-state index in [9.17, 15) is 0 Å². The van der Waals surface area contributed by atoms with Gasteiger partial charge in [0.05, 0.1) is 11.0 Å². The predicted molar refractivity (Wildman–Crippen MR) is 239 cm³/mol. The summed E-state index contributed by atoms with van der Waals surface area (Å²) in [5.41, 5.74) is 10.9. The van der Waals surface area contributed by atoms with Gasteiger partial charge in [-0.05, 0) is 101 Å². The first-order valence-electron chi connectivity index (χ1n) is 19.0. The molecule has 0 aliphatic heterocycles. The van der Waals surface area contributed by atoms with E-state index in [-0.39, 0.29) is 0 Å². The van der Waals surface area contributed by atoms with E-state index in [2.05, 4.69) is 204 Å². The highest BCUT2D eigenvalue weighted by atomic mass is 32.1. The van der Waals surface area contributed by atoms with Crippen molar-refractivity contribution in [2.75, 3.05) is 4.90 Å². The number of furan rings is 1. The van der Waals surface area contributed by atoms with Gasteiger partial charge in [-0.2, -0.15) is 0 Å². The van der Waals surface area contributed by atoms with Crippen LogP contribution in [0.5, 0.6) is 0 Å². The standard InChI is InChI=1S/C52H32N2OS/c1-2-14-40-33(11-1)23-29-44-51-39(18-10-21-48(51)55-52(40)44)34-12-9-13-37(31-34)53(38-28-30-50-45(32-38)43-17-5-8-22-49(43)56-50)35-24-26-36(27-25-35)54-46-19-6-3-15-41(46)42-16-4-7-20-47(42)54/h1-32H. The molecule has 0 spiro atoms. The maximum absolute atomic E-state index is 6.60. The molecule has 0 fully saturated rings. The van der Waals surface area contributed by atoms with Crippen LogP contribution < -0.4 is 4.90 Å². The second-order valence-corrected chi connectivity index (χ2v) is 15.6. The smallest absolute Gasteiger partial charge is 0.143 e. The molecule has 0 atom stereocenters. The summed E-state index contributed by atoms with van der Waals surface area (Å²) >= 11 is 1.85. The van der Waals surface area contributed by atoms with E-state index in [1.54, 1.807) is 0 Å². The third kappa shape index (κ3) is 4.70. The van der Waals surface area contributed by atoms with Crippen molar-refractivity contribution in [3.05, 3.63) is 194 Å². The summed E-state index contributed by atoms with van der Waals surface area (Å²) in [7, 11) is 0. The predicted octanol–water partition coefficient (Wildman–Crippen LogP) is 15.3. The second-order valence-electron chi connectivity index (χ2n) is 14.5. The molecular weight excluding hydrogens is 701 g/mol. The number of para-hydroxylation sites is 2. The van der Waals surface area contributed by atoms with E-state index in [0.717, 1.165) is 61.2 Å². The second kappa shape index (κ2) is 12.2. The van der Waals surface area contributed by atoms with Crippen molar-refractivity contribution in [3.63, 3.8) is 0 Å². The van der Waals surface area contributed by atoms with Crippen molar-refractivity contribution >= 4 is 103 Å². The summed E-state index contributed by atoms with van der Waals surface area (Å²) < 4.78 is 11.6. The number of anilines is 3. The first-order valence-corrected chi connectivity index (χ1v) is 19.8. The Labute approximate surface area is 326 Å². The molecule has 9 aromatic carbocycles. The van der Waals surface area contributed by atoms with E-state index in [1.807, 2.05) is 11.3 Å². The largest absolute Gasteiger partial charge is 0.455 e. The van der Waals surface area contributed by atoms with Crippen LogP contribution in [0.15, 0.2) is 199 Å². The topological polar surface area (TPSA) is 21.3 Å². The summed E-state index contributed by atoms with van der Waals surface area (Å²) in [5.74, 6) is 0. The molecule has 3 aromatic heterocycles. The van der Waals surface area contributed by atoms with Gasteiger partial charge in [0.2, 0.25) is 0 Å². The Hall–Kier alpha value is -7.14. The van der Waals surface area contributed by atoms with Gasteiger partial charge in [0, 0.05) is 69.9 Å². The minimum atomic E-state index is 0.895. The summed E-state index contributed by atoms with van der Waals surface area (Å²) in [4.78, 5) is 2.39. The molecule has 0 unspecified atom stereocenters. The van der Waals surface area contributed by atoms with Crippen LogP contribution in [0.25, 0.3) is 91.5 Å². The zero-order valence-corrected chi connectivity index (χ0v) is 31.0. The van der Waals surface area contributed by atoms with Crippen LogP contribution in [0.2, 0.25) is 0 Å². The SMILES string of the molecule is c1cc(-c2cccc3oc4c5ccccc5ccc4c23)cc(N(c2ccc(-n3c4ccccc4c4ccccc43)cc2)c2ccc3sc4ccccc4c3c2)c1. The monoisotopic (exact) mass is 732 g/mol. The average molecular weight is 733 g/mol. The van der Waals surface area contributed by atoms with Gasteiger partial charge < -0.3 is 13.9 Å². The molecule has 0 N–H and O–H groups in total. The Kier molecular flexibility index (Phi) is 6.80. The maximum Gasteiger partial charge on any atom is 0.143 e. The zero-order valence-electron chi connectivity index (χ0n) is 30.2. The molecular formula is C52H32N2OS. The zero-order chi connectivity index (χ0) is 36.7. The van der Waals surface area contributed by atoms with Crippen molar-refractivity contribution in [1.82, 2.24) is 4.57 Å². The highest BCUT2D eigenvalue weighted by Gasteiger charge is 2.19. The minimum absolute atomic E-state index is 0.895. The van der Waals surface area contributed by atoms with E-state index in [0.29, 0.717) is 0 Å². The third-order valence-corrected chi connectivity index (χ3v) is 12.5. The number of hydrogen-bond acceptors (Lipinski definition) is 3. The third-order valence-electron chi connectivity index (χ3n) is 11.4. The van der Waals surface area contributed by atoms with Crippen LogP contribution >= 0.6 is 11.3 Å². The summed E-state index contributed by atoms with van der Waals surface area (Å²) in [6.45, 7) is 0. The van der Waals surface area contributed by atoms with Gasteiger partial charge in [0.25, 0.3) is 0 Å². The van der Waals surface area contributed by atoms with Crippen molar-refractivity contribution in [2.45, 2.75) is 0 Å². The van der Waals surface area contributed by atoms with Crippen LogP contribution in [-0.2, 0) is 0 Å². The van der Waals surface area contributed by atoms with Crippen molar-refractivity contribution in [2.24, 2.45) is 0 Å². The lowest BCUT2D eigenvalue weighted by atomic mass is 9.97. The van der Waals surface area contributed by atoms with E-state index < -0.39 is 0 Å². The fourth-order valence-electron chi connectivity index (χ4n) is 8.86. The Morgan fingerprint density at radius 1 is 0.429 bits per heavy atom. The van der Waals surface area contributed by atoms with Gasteiger partial charge in [0.1, 0.15) is 11.2 Å². The lowest BCUT2D eigenvalue weighted by Crippen LogP contribution is -2.10. The number of fused-ring (bicyclic) bond motifs is 11. The molecule has 4 heteroatoms. The number of hydrogen-bond donors (Lipinski definition) is 0.